The Bertz CT molecular complexity index is 403. The molecule has 0 amide bonds. The Labute approximate surface area is 128 Å². The van der Waals surface area contributed by atoms with Crippen molar-refractivity contribution in [2.45, 2.75) is 32.4 Å². The number of hydrogen-bond donors (Lipinski definition) is 1. The van der Waals surface area contributed by atoms with Gasteiger partial charge >= 0.3 is 0 Å². The minimum Gasteiger partial charge on any atom is -0.357 e. The van der Waals surface area contributed by atoms with Crippen molar-refractivity contribution >= 4 is 18.2 Å². The van der Waals surface area contributed by atoms with Crippen LogP contribution in [0.25, 0.3) is 0 Å². The van der Waals surface area contributed by atoms with Gasteiger partial charge in [0.2, 0.25) is 0 Å². The van der Waals surface area contributed by atoms with Crippen LogP contribution >= 0.6 is 12.4 Å². The van der Waals surface area contributed by atoms with E-state index in [1.54, 1.807) is 0 Å². The molecule has 3 rings (SSSR count). The second-order valence-electron chi connectivity index (χ2n) is 5.81. The summed E-state index contributed by atoms with van der Waals surface area (Å²) in [5.74, 6) is 1.15. The van der Waals surface area contributed by atoms with Gasteiger partial charge in [0.25, 0.3) is 0 Å². The summed E-state index contributed by atoms with van der Waals surface area (Å²) in [6.07, 6.45) is 4.67. The fraction of sp³-hybridized carbons (Fsp3) is 0.667. The number of aromatic nitrogens is 1. The van der Waals surface area contributed by atoms with Gasteiger partial charge in [-0.05, 0) is 31.4 Å². The lowest BCUT2D eigenvalue weighted by Crippen LogP contribution is -2.48. The molecule has 2 fully saturated rings. The molecule has 1 unspecified atom stereocenters. The van der Waals surface area contributed by atoms with Crippen LogP contribution in [0.3, 0.4) is 0 Å². The third-order valence-electron chi connectivity index (χ3n) is 4.10. The van der Waals surface area contributed by atoms with Crippen molar-refractivity contribution < 1.29 is 0 Å². The molecule has 0 aromatic carbocycles. The summed E-state index contributed by atoms with van der Waals surface area (Å²) >= 11 is 0. The van der Waals surface area contributed by atoms with Crippen LogP contribution in [0.2, 0.25) is 0 Å². The van der Waals surface area contributed by atoms with Crippen LogP contribution in [0.5, 0.6) is 0 Å². The zero-order chi connectivity index (χ0) is 13.1. The van der Waals surface area contributed by atoms with Gasteiger partial charge in [-0.2, -0.15) is 0 Å². The van der Waals surface area contributed by atoms with Crippen molar-refractivity contribution in [3.8, 4) is 0 Å². The summed E-state index contributed by atoms with van der Waals surface area (Å²) in [6.45, 7) is 8.98. The zero-order valence-electron chi connectivity index (χ0n) is 12.2. The van der Waals surface area contributed by atoms with Crippen LogP contribution < -0.4 is 10.2 Å². The molecule has 5 heteroatoms. The number of pyridine rings is 1. The highest BCUT2D eigenvalue weighted by Crippen LogP contribution is 2.18. The van der Waals surface area contributed by atoms with Gasteiger partial charge in [-0.15, -0.1) is 12.4 Å². The van der Waals surface area contributed by atoms with Gasteiger partial charge in [-0.25, -0.2) is 4.98 Å². The minimum atomic E-state index is 0. The van der Waals surface area contributed by atoms with Crippen LogP contribution in [0.1, 0.15) is 25.3 Å². The third-order valence-corrected chi connectivity index (χ3v) is 4.10. The predicted molar refractivity (Wildman–Crippen MR) is 85.7 cm³/mol. The number of hydrogen-bond acceptors (Lipinski definition) is 4. The number of nitrogens with one attached hydrogen (secondary N) is 1. The Morgan fingerprint density at radius 1 is 1.25 bits per heavy atom. The quantitative estimate of drug-likeness (QED) is 0.923. The van der Waals surface area contributed by atoms with Crippen molar-refractivity contribution in [3.63, 3.8) is 0 Å². The molecule has 0 bridgehead atoms. The van der Waals surface area contributed by atoms with E-state index < -0.39 is 0 Å². The highest BCUT2D eigenvalue weighted by atomic mass is 35.5. The van der Waals surface area contributed by atoms with Crippen molar-refractivity contribution in [1.82, 2.24) is 15.2 Å². The molecule has 0 spiro atoms. The number of piperazine rings is 1. The van der Waals surface area contributed by atoms with Gasteiger partial charge in [-0.1, -0.05) is 6.07 Å². The third kappa shape index (κ3) is 3.84. The van der Waals surface area contributed by atoms with Crippen molar-refractivity contribution in [3.05, 3.63) is 23.9 Å². The van der Waals surface area contributed by atoms with E-state index in [0.717, 1.165) is 32.0 Å². The number of rotatable bonds is 3. The first kappa shape index (κ1) is 15.5. The second kappa shape index (κ2) is 7.25. The van der Waals surface area contributed by atoms with Gasteiger partial charge < -0.3 is 10.2 Å². The van der Waals surface area contributed by atoms with Gasteiger partial charge in [0.15, 0.2) is 0 Å². The van der Waals surface area contributed by atoms with Gasteiger partial charge in [0.05, 0.1) is 0 Å². The van der Waals surface area contributed by atoms with E-state index in [9.17, 15) is 0 Å². The van der Waals surface area contributed by atoms with E-state index in [2.05, 4.69) is 45.4 Å². The maximum atomic E-state index is 4.63. The van der Waals surface area contributed by atoms with Crippen LogP contribution in [-0.2, 0) is 6.54 Å². The van der Waals surface area contributed by atoms with Crippen LogP contribution in [-0.4, -0.2) is 48.6 Å². The predicted octanol–water partition coefficient (Wildman–Crippen LogP) is 1.90. The number of halogens is 1. The molecule has 20 heavy (non-hydrogen) atoms. The molecule has 1 aromatic rings. The molecule has 2 saturated heterocycles. The number of nitrogens with zero attached hydrogens (tertiary/aromatic N) is 3. The monoisotopic (exact) mass is 296 g/mol. The van der Waals surface area contributed by atoms with Gasteiger partial charge in [-0.3, -0.25) is 4.90 Å². The molecule has 1 aromatic heterocycles. The Balaban J connectivity index is 0.00000147. The molecule has 0 radical (unpaired) electrons. The van der Waals surface area contributed by atoms with Gasteiger partial charge in [0.1, 0.15) is 5.82 Å². The fourth-order valence-electron chi connectivity index (χ4n) is 3.06. The molecular weight excluding hydrogens is 272 g/mol. The lowest BCUT2D eigenvalue weighted by Gasteiger charge is -2.31. The zero-order valence-corrected chi connectivity index (χ0v) is 13.0. The van der Waals surface area contributed by atoms with Gasteiger partial charge in [0, 0.05) is 51.5 Å². The van der Waals surface area contributed by atoms with Crippen molar-refractivity contribution in [2.24, 2.45) is 0 Å². The van der Waals surface area contributed by atoms with Crippen molar-refractivity contribution in [2.75, 3.05) is 37.6 Å². The molecule has 1 N–H and O–H groups in total. The summed E-state index contributed by atoms with van der Waals surface area (Å²) in [6, 6.07) is 5.03. The average molecular weight is 297 g/mol. The van der Waals surface area contributed by atoms with Crippen LogP contribution in [0.4, 0.5) is 5.82 Å². The largest absolute Gasteiger partial charge is 0.357 e. The van der Waals surface area contributed by atoms with E-state index in [1.165, 1.54) is 31.5 Å². The molecule has 4 nitrogen and oxygen atoms in total. The summed E-state index contributed by atoms with van der Waals surface area (Å²) in [5.41, 5.74) is 1.33. The molecular formula is C15H25ClN4. The first-order chi connectivity index (χ1) is 9.31. The van der Waals surface area contributed by atoms with E-state index in [-0.39, 0.29) is 12.4 Å². The molecule has 3 heterocycles. The van der Waals surface area contributed by atoms with E-state index in [4.69, 9.17) is 0 Å². The normalized spacial score (nSPS) is 23.6. The Kier molecular flexibility index (Phi) is 5.64. The second-order valence-corrected chi connectivity index (χ2v) is 5.81. The molecule has 0 saturated carbocycles. The average Bonchev–Trinajstić information content (AvgIpc) is 2.94. The Morgan fingerprint density at radius 3 is 2.70 bits per heavy atom. The first-order valence-corrected chi connectivity index (χ1v) is 7.47. The summed E-state index contributed by atoms with van der Waals surface area (Å²) < 4.78 is 0. The highest BCUT2D eigenvalue weighted by molar-refractivity contribution is 5.85. The fourth-order valence-corrected chi connectivity index (χ4v) is 3.06. The molecule has 0 aliphatic carbocycles. The Hall–Kier alpha value is -0.840. The summed E-state index contributed by atoms with van der Waals surface area (Å²) in [4.78, 5) is 9.52. The SMILES string of the molecule is CC1CN(Cc2ccc(N3CCCC3)nc2)CCN1.Cl. The summed E-state index contributed by atoms with van der Waals surface area (Å²) in [5, 5.41) is 3.48. The standard InChI is InChI=1S/C15H24N4.ClH/c1-13-11-18(9-6-16-13)12-14-4-5-15(17-10-14)19-7-2-3-8-19;/h4-5,10,13,16H,2-3,6-9,11-12H2,1H3;1H. The maximum Gasteiger partial charge on any atom is 0.128 e. The molecule has 112 valence electrons. The van der Waals surface area contributed by atoms with E-state index in [1.807, 2.05) is 0 Å². The van der Waals surface area contributed by atoms with E-state index >= 15 is 0 Å². The van der Waals surface area contributed by atoms with Crippen LogP contribution in [0, 0.1) is 0 Å². The summed E-state index contributed by atoms with van der Waals surface area (Å²) in [7, 11) is 0. The topological polar surface area (TPSA) is 31.4 Å². The molecule has 2 aliphatic heterocycles. The minimum absolute atomic E-state index is 0. The van der Waals surface area contributed by atoms with Crippen LogP contribution in [0.15, 0.2) is 18.3 Å². The van der Waals surface area contributed by atoms with E-state index in [0.29, 0.717) is 6.04 Å². The van der Waals surface area contributed by atoms with Crippen molar-refractivity contribution in [1.29, 1.82) is 0 Å². The first-order valence-electron chi connectivity index (χ1n) is 7.47. The smallest absolute Gasteiger partial charge is 0.128 e. The lowest BCUT2D eigenvalue weighted by molar-refractivity contribution is 0.199. The maximum absolute atomic E-state index is 4.63. The number of anilines is 1. The Morgan fingerprint density at radius 2 is 2.05 bits per heavy atom. The molecule has 2 aliphatic rings. The highest BCUT2D eigenvalue weighted by Gasteiger charge is 2.16. The molecule has 1 atom stereocenters. The lowest BCUT2D eigenvalue weighted by atomic mass is 10.2.